The molecule has 0 atom stereocenters. The zero-order valence-electron chi connectivity index (χ0n) is 9.63. The molecule has 0 spiro atoms. The first-order chi connectivity index (χ1) is 8.79. The van der Waals surface area contributed by atoms with Crippen LogP contribution in [0.3, 0.4) is 0 Å². The van der Waals surface area contributed by atoms with Gasteiger partial charge in [-0.1, -0.05) is 30.3 Å². The predicted octanol–water partition coefficient (Wildman–Crippen LogP) is 1.88. The Morgan fingerprint density at radius 1 is 1.28 bits per heavy atom. The highest BCUT2D eigenvalue weighted by atomic mass is 16.1. The van der Waals surface area contributed by atoms with Gasteiger partial charge in [0, 0.05) is 18.9 Å². The molecule has 0 aliphatic heterocycles. The van der Waals surface area contributed by atoms with E-state index in [0.29, 0.717) is 17.7 Å². The third-order valence-electron chi connectivity index (χ3n) is 2.43. The van der Waals surface area contributed by atoms with Crippen molar-refractivity contribution < 1.29 is 4.79 Å². The molecule has 0 bridgehead atoms. The van der Waals surface area contributed by atoms with Gasteiger partial charge in [0.15, 0.2) is 0 Å². The van der Waals surface area contributed by atoms with Crippen LogP contribution in [0.2, 0.25) is 0 Å². The van der Waals surface area contributed by atoms with Crippen molar-refractivity contribution in [1.82, 2.24) is 10.3 Å². The van der Waals surface area contributed by atoms with Gasteiger partial charge in [-0.05, 0) is 11.6 Å². The van der Waals surface area contributed by atoms with Crippen molar-refractivity contribution in [2.24, 2.45) is 0 Å². The first kappa shape index (κ1) is 11.8. The van der Waals surface area contributed by atoms with Crippen molar-refractivity contribution in [3.63, 3.8) is 0 Å². The fourth-order valence-corrected chi connectivity index (χ4v) is 1.51. The Balaban J connectivity index is 2.02. The van der Waals surface area contributed by atoms with E-state index in [1.165, 1.54) is 18.5 Å². The summed E-state index contributed by atoms with van der Waals surface area (Å²) in [5.41, 5.74) is 1.79. The van der Waals surface area contributed by atoms with Crippen LogP contribution >= 0.6 is 0 Å². The van der Waals surface area contributed by atoms with Crippen LogP contribution in [-0.2, 0) is 6.54 Å². The molecular weight excluding hydrogens is 226 g/mol. The maximum absolute atomic E-state index is 11.8. The van der Waals surface area contributed by atoms with Crippen LogP contribution in [0.15, 0.2) is 48.8 Å². The molecule has 4 heteroatoms. The lowest BCUT2D eigenvalue weighted by Crippen LogP contribution is -2.22. The molecule has 0 fully saturated rings. The Morgan fingerprint density at radius 3 is 2.78 bits per heavy atom. The number of nitrogens with one attached hydrogen (secondary N) is 1. The fraction of sp³-hybridized carbons (Fsp3) is 0.0714. The molecule has 0 aliphatic carbocycles. The predicted molar refractivity (Wildman–Crippen MR) is 66.6 cm³/mol. The van der Waals surface area contributed by atoms with Gasteiger partial charge in [0.1, 0.15) is 6.07 Å². The SMILES string of the molecule is N#Cc1cncc(C(=O)NCc2ccccc2)c1. The molecule has 2 aromatic rings. The number of nitriles is 1. The Morgan fingerprint density at radius 2 is 2.06 bits per heavy atom. The zero-order chi connectivity index (χ0) is 12.8. The van der Waals surface area contributed by atoms with Gasteiger partial charge in [0.05, 0.1) is 11.1 Å². The summed E-state index contributed by atoms with van der Waals surface area (Å²) < 4.78 is 0. The van der Waals surface area contributed by atoms with Crippen molar-refractivity contribution in [1.29, 1.82) is 5.26 Å². The summed E-state index contributed by atoms with van der Waals surface area (Å²) in [5, 5.41) is 11.5. The quantitative estimate of drug-likeness (QED) is 0.886. The summed E-state index contributed by atoms with van der Waals surface area (Å²) in [6.45, 7) is 0.455. The molecule has 4 nitrogen and oxygen atoms in total. The number of amides is 1. The summed E-state index contributed by atoms with van der Waals surface area (Å²) in [7, 11) is 0. The van der Waals surface area contributed by atoms with Gasteiger partial charge in [-0.25, -0.2) is 0 Å². The molecule has 1 amide bonds. The van der Waals surface area contributed by atoms with E-state index in [1.807, 2.05) is 36.4 Å². The highest BCUT2D eigenvalue weighted by Gasteiger charge is 2.06. The van der Waals surface area contributed by atoms with Crippen molar-refractivity contribution in [3.8, 4) is 6.07 Å². The third kappa shape index (κ3) is 2.92. The minimum Gasteiger partial charge on any atom is -0.348 e. The van der Waals surface area contributed by atoms with Crippen LogP contribution in [0.4, 0.5) is 0 Å². The van der Waals surface area contributed by atoms with Gasteiger partial charge < -0.3 is 5.32 Å². The molecule has 1 aromatic heterocycles. The Labute approximate surface area is 105 Å². The molecule has 0 unspecified atom stereocenters. The number of carbonyl (C=O) groups excluding carboxylic acids is 1. The standard InChI is InChI=1S/C14H11N3O/c15-7-12-6-13(10-16-8-12)14(18)17-9-11-4-2-1-3-5-11/h1-6,8,10H,9H2,(H,17,18). The molecule has 88 valence electrons. The monoisotopic (exact) mass is 237 g/mol. The molecule has 0 radical (unpaired) electrons. The van der Waals surface area contributed by atoms with E-state index in [4.69, 9.17) is 5.26 Å². The molecule has 0 saturated heterocycles. The van der Waals surface area contributed by atoms with Crippen LogP contribution < -0.4 is 5.32 Å². The lowest BCUT2D eigenvalue weighted by atomic mass is 10.2. The van der Waals surface area contributed by atoms with E-state index >= 15 is 0 Å². The molecule has 18 heavy (non-hydrogen) atoms. The topological polar surface area (TPSA) is 65.8 Å². The maximum Gasteiger partial charge on any atom is 0.253 e. The summed E-state index contributed by atoms with van der Waals surface area (Å²) in [6, 6.07) is 13.1. The van der Waals surface area contributed by atoms with Gasteiger partial charge in [-0.2, -0.15) is 5.26 Å². The van der Waals surface area contributed by atoms with E-state index in [9.17, 15) is 4.79 Å². The zero-order valence-corrected chi connectivity index (χ0v) is 9.63. The highest BCUT2D eigenvalue weighted by molar-refractivity contribution is 5.94. The number of benzene rings is 1. The van der Waals surface area contributed by atoms with Crippen LogP contribution in [-0.4, -0.2) is 10.9 Å². The van der Waals surface area contributed by atoms with Crippen LogP contribution in [0.1, 0.15) is 21.5 Å². The lowest BCUT2D eigenvalue weighted by Gasteiger charge is -2.05. The number of pyridine rings is 1. The minimum atomic E-state index is -0.233. The highest BCUT2D eigenvalue weighted by Crippen LogP contribution is 2.03. The second-order valence-corrected chi connectivity index (χ2v) is 3.74. The number of nitrogens with zero attached hydrogens (tertiary/aromatic N) is 2. The van der Waals surface area contributed by atoms with Gasteiger partial charge in [0.2, 0.25) is 0 Å². The fourth-order valence-electron chi connectivity index (χ4n) is 1.51. The molecule has 1 heterocycles. The number of carbonyl (C=O) groups is 1. The van der Waals surface area contributed by atoms with E-state index in [0.717, 1.165) is 5.56 Å². The Hall–Kier alpha value is -2.67. The third-order valence-corrected chi connectivity index (χ3v) is 2.43. The van der Waals surface area contributed by atoms with Crippen LogP contribution in [0.5, 0.6) is 0 Å². The number of aromatic nitrogens is 1. The van der Waals surface area contributed by atoms with E-state index in [1.54, 1.807) is 0 Å². The van der Waals surface area contributed by atoms with Crippen molar-refractivity contribution in [2.75, 3.05) is 0 Å². The minimum absolute atomic E-state index is 0.233. The van der Waals surface area contributed by atoms with Gasteiger partial charge in [-0.15, -0.1) is 0 Å². The number of hydrogen-bond acceptors (Lipinski definition) is 3. The molecule has 2 rings (SSSR count). The van der Waals surface area contributed by atoms with Gasteiger partial charge >= 0.3 is 0 Å². The van der Waals surface area contributed by atoms with Gasteiger partial charge in [-0.3, -0.25) is 9.78 Å². The van der Waals surface area contributed by atoms with E-state index in [-0.39, 0.29) is 5.91 Å². The second kappa shape index (κ2) is 5.60. The maximum atomic E-state index is 11.8. The normalized spacial score (nSPS) is 9.50. The average Bonchev–Trinajstić information content (AvgIpc) is 2.46. The second-order valence-electron chi connectivity index (χ2n) is 3.74. The summed E-state index contributed by atoms with van der Waals surface area (Å²) >= 11 is 0. The van der Waals surface area contributed by atoms with Crippen molar-refractivity contribution >= 4 is 5.91 Å². The van der Waals surface area contributed by atoms with E-state index in [2.05, 4.69) is 10.3 Å². The smallest absolute Gasteiger partial charge is 0.253 e. The Kier molecular flexibility index (Phi) is 3.67. The number of hydrogen-bond donors (Lipinski definition) is 1. The Bertz CT molecular complexity index is 587. The lowest BCUT2D eigenvalue weighted by molar-refractivity contribution is 0.0950. The van der Waals surface area contributed by atoms with E-state index < -0.39 is 0 Å². The first-order valence-corrected chi connectivity index (χ1v) is 5.47. The number of rotatable bonds is 3. The molecule has 0 saturated carbocycles. The summed E-state index contributed by atoms with van der Waals surface area (Å²) in [4.78, 5) is 15.7. The molecule has 1 N–H and O–H groups in total. The van der Waals surface area contributed by atoms with Gasteiger partial charge in [0.25, 0.3) is 5.91 Å². The first-order valence-electron chi connectivity index (χ1n) is 5.47. The average molecular weight is 237 g/mol. The molecular formula is C14H11N3O. The molecule has 1 aromatic carbocycles. The van der Waals surface area contributed by atoms with Crippen molar-refractivity contribution in [3.05, 3.63) is 65.5 Å². The van der Waals surface area contributed by atoms with Crippen LogP contribution in [0, 0.1) is 11.3 Å². The summed E-state index contributed by atoms with van der Waals surface area (Å²) in [6.07, 6.45) is 2.87. The summed E-state index contributed by atoms with van der Waals surface area (Å²) in [5.74, 6) is -0.233. The van der Waals surface area contributed by atoms with Crippen molar-refractivity contribution in [2.45, 2.75) is 6.54 Å². The van der Waals surface area contributed by atoms with Crippen LogP contribution in [0.25, 0.3) is 0 Å². The largest absolute Gasteiger partial charge is 0.348 e. The molecule has 0 aliphatic rings.